The van der Waals surface area contributed by atoms with E-state index in [-0.39, 0.29) is 9.92 Å². The Kier molecular flexibility index (Phi) is 3.65. The second-order valence-electron chi connectivity index (χ2n) is 4.40. The Morgan fingerprint density at radius 1 is 1.19 bits per heavy atom. The van der Waals surface area contributed by atoms with Crippen LogP contribution >= 0.6 is 11.3 Å². The summed E-state index contributed by atoms with van der Waals surface area (Å²) in [5, 5.41) is 20.9. The minimum absolute atomic E-state index is 0.168. The first-order chi connectivity index (χ1) is 10.2. The number of aromatic nitrogens is 2. The number of nitro groups is 1. The SMILES string of the molecule is O=[N+]([O-])c1ccc(CNc2ccc(-c3ccn[nH]3)cc2)s1. The third-order valence-electron chi connectivity index (χ3n) is 2.99. The van der Waals surface area contributed by atoms with Crippen molar-refractivity contribution in [2.75, 3.05) is 5.32 Å². The average Bonchev–Trinajstić information content (AvgIpc) is 3.17. The maximum absolute atomic E-state index is 10.6. The third kappa shape index (κ3) is 3.09. The maximum Gasteiger partial charge on any atom is 0.324 e. The van der Waals surface area contributed by atoms with Gasteiger partial charge in [-0.15, -0.1) is 0 Å². The molecule has 0 saturated heterocycles. The number of thiophene rings is 1. The number of H-pyrrole nitrogens is 1. The molecule has 21 heavy (non-hydrogen) atoms. The van der Waals surface area contributed by atoms with Gasteiger partial charge in [-0.3, -0.25) is 15.2 Å². The highest BCUT2D eigenvalue weighted by molar-refractivity contribution is 7.15. The van der Waals surface area contributed by atoms with Crippen LogP contribution in [-0.4, -0.2) is 15.1 Å². The van der Waals surface area contributed by atoms with E-state index in [1.807, 2.05) is 30.3 Å². The second-order valence-corrected chi connectivity index (χ2v) is 5.55. The van der Waals surface area contributed by atoms with E-state index in [0.29, 0.717) is 6.54 Å². The number of nitrogens with zero attached hydrogens (tertiary/aromatic N) is 2. The number of hydrogen-bond donors (Lipinski definition) is 2. The molecule has 3 rings (SSSR count). The number of aromatic amines is 1. The van der Waals surface area contributed by atoms with Gasteiger partial charge in [0.25, 0.3) is 0 Å². The van der Waals surface area contributed by atoms with Gasteiger partial charge in [0, 0.05) is 29.4 Å². The molecule has 6 nitrogen and oxygen atoms in total. The predicted octanol–water partition coefficient (Wildman–Crippen LogP) is 3.66. The first kappa shape index (κ1) is 13.3. The van der Waals surface area contributed by atoms with E-state index < -0.39 is 0 Å². The van der Waals surface area contributed by atoms with E-state index in [1.54, 1.807) is 12.3 Å². The van der Waals surface area contributed by atoms with Crippen LogP contribution in [-0.2, 0) is 6.54 Å². The van der Waals surface area contributed by atoms with Crippen LogP contribution in [0.2, 0.25) is 0 Å². The van der Waals surface area contributed by atoms with Crippen LogP contribution in [0.1, 0.15) is 4.88 Å². The predicted molar refractivity (Wildman–Crippen MR) is 82.3 cm³/mol. The van der Waals surface area contributed by atoms with Crippen molar-refractivity contribution in [2.24, 2.45) is 0 Å². The van der Waals surface area contributed by atoms with Crippen LogP contribution in [0.4, 0.5) is 10.7 Å². The lowest BCUT2D eigenvalue weighted by Crippen LogP contribution is -1.96. The molecule has 7 heteroatoms. The van der Waals surface area contributed by atoms with Crippen LogP contribution in [0.3, 0.4) is 0 Å². The molecule has 0 fully saturated rings. The highest BCUT2D eigenvalue weighted by atomic mass is 32.1. The van der Waals surface area contributed by atoms with Gasteiger partial charge >= 0.3 is 5.00 Å². The normalized spacial score (nSPS) is 10.5. The minimum Gasteiger partial charge on any atom is -0.380 e. The van der Waals surface area contributed by atoms with Crippen LogP contribution in [0, 0.1) is 10.1 Å². The van der Waals surface area contributed by atoms with Gasteiger partial charge in [-0.05, 0) is 29.8 Å². The number of hydrogen-bond acceptors (Lipinski definition) is 5. The summed E-state index contributed by atoms with van der Waals surface area (Å²) in [5.41, 5.74) is 2.99. The standard InChI is InChI=1S/C14H12N4O2S/c19-18(20)14-6-5-12(21-14)9-15-11-3-1-10(2-4-11)13-7-8-16-17-13/h1-8,15H,9H2,(H,16,17). The van der Waals surface area contributed by atoms with Gasteiger partial charge in [-0.2, -0.15) is 5.10 Å². The topological polar surface area (TPSA) is 83.8 Å². The van der Waals surface area contributed by atoms with E-state index in [9.17, 15) is 10.1 Å². The lowest BCUT2D eigenvalue weighted by Gasteiger charge is -2.05. The van der Waals surface area contributed by atoms with E-state index >= 15 is 0 Å². The van der Waals surface area contributed by atoms with Gasteiger partial charge in [0.05, 0.1) is 10.6 Å². The molecule has 106 valence electrons. The van der Waals surface area contributed by atoms with Crippen molar-refractivity contribution >= 4 is 22.0 Å². The average molecular weight is 300 g/mol. The van der Waals surface area contributed by atoms with Crippen molar-refractivity contribution in [3.63, 3.8) is 0 Å². The van der Waals surface area contributed by atoms with Crippen molar-refractivity contribution < 1.29 is 4.92 Å². The summed E-state index contributed by atoms with van der Waals surface area (Å²) in [6.07, 6.45) is 1.71. The largest absolute Gasteiger partial charge is 0.380 e. The molecule has 0 aliphatic rings. The van der Waals surface area contributed by atoms with Crippen molar-refractivity contribution in [3.8, 4) is 11.3 Å². The maximum atomic E-state index is 10.6. The zero-order valence-corrected chi connectivity index (χ0v) is 11.8. The zero-order valence-electron chi connectivity index (χ0n) is 10.9. The zero-order chi connectivity index (χ0) is 14.7. The molecule has 1 aromatic carbocycles. The highest BCUT2D eigenvalue weighted by Gasteiger charge is 2.09. The van der Waals surface area contributed by atoms with Gasteiger partial charge < -0.3 is 5.32 Å². The molecule has 0 saturated carbocycles. The van der Waals surface area contributed by atoms with Gasteiger partial charge in [-0.25, -0.2) is 0 Å². The second kappa shape index (κ2) is 5.76. The molecule has 2 aromatic heterocycles. The Bertz CT molecular complexity index is 735. The summed E-state index contributed by atoms with van der Waals surface area (Å²) in [6.45, 7) is 0.571. The van der Waals surface area contributed by atoms with Crippen LogP contribution < -0.4 is 5.32 Å². The van der Waals surface area contributed by atoms with Crippen molar-refractivity contribution in [2.45, 2.75) is 6.54 Å². The lowest BCUT2D eigenvalue weighted by atomic mass is 10.1. The molecule has 3 aromatic rings. The highest BCUT2D eigenvalue weighted by Crippen LogP contribution is 2.25. The molecule has 0 aliphatic carbocycles. The molecular formula is C14H12N4O2S. The van der Waals surface area contributed by atoms with E-state index in [0.717, 1.165) is 21.8 Å². The number of nitrogens with one attached hydrogen (secondary N) is 2. The summed E-state index contributed by atoms with van der Waals surface area (Å²) in [4.78, 5) is 11.2. The molecule has 0 spiro atoms. The summed E-state index contributed by atoms with van der Waals surface area (Å²) in [5.74, 6) is 0. The lowest BCUT2D eigenvalue weighted by molar-refractivity contribution is -0.380. The first-order valence-corrected chi connectivity index (χ1v) is 7.11. The molecule has 0 amide bonds. The Labute approximate surface area is 124 Å². The molecule has 0 unspecified atom stereocenters. The molecule has 0 radical (unpaired) electrons. The molecule has 0 bridgehead atoms. The van der Waals surface area contributed by atoms with E-state index in [2.05, 4.69) is 15.5 Å². The fourth-order valence-electron chi connectivity index (χ4n) is 1.93. The molecular weight excluding hydrogens is 288 g/mol. The number of benzene rings is 1. The first-order valence-electron chi connectivity index (χ1n) is 6.29. The van der Waals surface area contributed by atoms with Crippen LogP contribution in [0.25, 0.3) is 11.3 Å². The Morgan fingerprint density at radius 3 is 2.62 bits per heavy atom. The van der Waals surface area contributed by atoms with Gasteiger partial charge in [-0.1, -0.05) is 23.5 Å². The summed E-state index contributed by atoms with van der Waals surface area (Å²) in [7, 11) is 0. The molecule has 0 aliphatic heterocycles. The van der Waals surface area contributed by atoms with Crippen molar-refractivity contribution in [1.29, 1.82) is 0 Å². The number of rotatable bonds is 5. The smallest absolute Gasteiger partial charge is 0.324 e. The fourth-order valence-corrected chi connectivity index (χ4v) is 2.69. The Hall–Kier alpha value is -2.67. The van der Waals surface area contributed by atoms with Gasteiger partial charge in [0.2, 0.25) is 0 Å². The molecule has 0 atom stereocenters. The van der Waals surface area contributed by atoms with Gasteiger partial charge in [0.1, 0.15) is 0 Å². The van der Waals surface area contributed by atoms with Crippen LogP contribution in [0.5, 0.6) is 0 Å². The fraction of sp³-hybridized carbons (Fsp3) is 0.0714. The van der Waals surface area contributed by atoms with Crippen molar-refractivity contribution in [1.82, 2.24) is 10.2 Å². The Balaban J connectivity index is 1.64. The third-order valence-corrected chi connectivity index (χ3v) is 4.03. The summed E-state index contributed by atoms with van der Waals surface area (Å²) < 4.78 is 0. The minimum atomic E-state index is -0.368. The van der Waals surface area contributed by atoms with Gasteiger partial charge in [0.15, 0.2) is 0 Å². The molecule has 2 N–H and O–H groups in total. The van der Waals surface area contributed by atoms with E-state index in [4.69, 9.17) is 0 Å². The quantitative estimate of drug-likeness (QED) is 0.556. The Morgan fingerprint density at radius 2 is 2.00 bits per heavy atom. The molecule has 2 heterocycles. The summed E-state index contributed by atoms with van der Waals surface area (Å²) in [6, 6.07) is 13.1. The monoisotopic (exact) mass is 300 g/mol. The van der Waals surface area contributed by atoms with Crippen LogP contribution in [0.15, 0.2) is 48.7 Å². The van der Waals surface area contributed by atoms with E-state index in [1.165, 1.54) is 17.4 Å². The van der Waals surface area contributed by atoms with Crippen molar-refractivity contribution in [3.05, 3.63) is 63.7 Å². The number of anilines is 1. The summed E-state index contributed by atoms with van der Waals surface area (Å²) >= 11 is 1.19.